The Hall–Kier alpha value is -1.46. The Morgan fingerprint density at radius 1 is 1.31 bits per heavy atom. The molecule has 0 radical (unpaired) electrons. The highest BCUT2D eigenvalue weighted by molar-refractivity contribution is 5.29. The third kappa shape index (κ3) is 3.60. The van der Waals surface area contributed by atoms with Crippen molar-refractivity contribution in [1.29, 1.82) is 0 Å². The van der Waals surface area contributed by atoms with Gasteiger partial charge >= 0.3 is 0 Å². The highest BCUT2D eigenvalue weighted by Gasteiger charge is 2.07. The summed E-state index contributed by atoms with van der Waals surface area (Å²) in [7, 11) is 1.96. The Bertz CT molecular complexity index is 359. The molecule has 0 heterocycles. The van der Waals surface area contributed by atoms with Crippen molar-refractivity contribution >= 4 is 0 Å². The van der Waals surface area contributed by atoms with Gasteiger partial charge in [0.1, 0.15) is 5.75 Å². The van der Waals surface area contributed by atoms with Gasteiger partial charge in [0.2, 0.25) is 0 Å². The third-order valence-electron chi connectivity index (χ3n) is 2.42. The second-order valence-electron chi connectivity index (χ2n) is 3.47. The lowest BCUT2D eigenvalue weighted by atomic mass is 10.0. The molecule has 1 rings (SSSR count). The van der Waals surface area contributed by atoms with Crippen LogP contribution in [0, 0.1) is 11.8 Å². The molecule has 0 aliphatic rings. The average Bonchev–Trinajstić information content (AvgIpc) is 2.32. The molecular formula is C14H19NO. The second kappa shape index (κ2) is 6.92. The Morgan fingerprint density at radius 3 is 2.50 bits per heavy atom. The number of hydrogen-bond acceptors (Lipinski definition) is 2. The van der Waals surface area contributed by atoms with E-state index < -0.39 is 0 Å². The Kier molecular flexibility index (Phi) is 5.45. The molecule has 16 heavy (non-hydrogen) atoms. The first-order valence-corrected chi connectivity index (χ1v) is 5.61. The fraction of sp³-hybridized carbons (Fsp3) is 0.429. The van der Waals surface area contributed by atoms with E-state index >= 15 is 0 Å². The molecule has 2 nitrogen and oxygen atoms in total. The lowest BCUT2D eigenvalue weighted by Gasteiger charge is -2.14. The average molecular weight is 217 g/mol. The van der Waals surface area contributed by atoms with Crippen LogP contribution in [0.4, 0.5) is 0 Å². The van der Waals surface area contributed by atoms with Gasteiger partial charge in [-0.2, -0.15) is 0 Å². The van der Waals surface area contributed by atoms with Crippen LogP contribution in [-0.2, 0) is 0 Å². The fourth-order valence-corrected chi connectivity index (χ4v) is 1.55. The molecule has 0 aromatic heterocycles. The molecule has 0 aliphatic carbocycles. The van der Waals surface area contributed by atoms with E-state index in [9.17, 15) is 0 Å². The smallest absolute Gasteiger partial charge is 0.119 e. The van der Waals surface area contributed by atoms with E-state index in [-0.39, 0.29) is 0 Å². The van der Waals surface area contributed by atoms with Gasteiger partial charge in [-0.1, -0.05) is 12.1 Å². The number of hydrogen-bond donors (Lipinski definition) is 1. The van der Waals surface area contributed by atoms with Gasteiger partial charge in [-0.25, -0.2) is 0 Å². The van der Waals surface area contributed by atoms with E-state index in [1.165, 1.54) is 5.56 Å². The van der Waals surface area contributed by atoms with Crippen molar-refractivity contribution in [2.24, 2.45) is 0 Å². The second-order valence-corrected chi connectivity index (χ2v) is 3.47. The zero-order valence-corrected chi connectivity index (χ0v) is 10.2. The molecule has 0 aliphatic heterocycles. The van der Waals surface area contributed by atoms with Crippen molar-refractivity contribution in [2.45, 2.75) is 26.3 Å². The summed E-state index contributed by atoms with van der Waals surface area (Å²) in [6.45, 7) is 4.56. The van der Waals surface area contributed by atoms with Crippen molar-refractivity contribution in [3.63, 3.8) is 0 Å². The lowest BCUT2D eigenvalue weighted by Crippen LogP contribution is -2.15. The highest BCUT2D eigenvalue weighted by atomic mass is 16.5. The van der Waals surface area contributed by atoms with Crippen molar-refractivity contribution in [3.05, 3.63) is 29.8 Å². The topological polar surface area (TPSA) is 21.3 Å². The van der Waals surface area contributed by atoms with E-state index in [1.54, 1.807) is 0 Å². The zero-order valence-electron chi connectivity index (χ0n) is 10.2. The Labute approximate surface area is 98.0 Å². The van der Waals surface area contributed by atoms with E-state index in [1.807, 2.05) is 33.0 Å². The van der Waals surface area contributed by atoms with Crippen molar-refractivity contribution in [3.8, 4) is 17.6 Å². The molecule has 0 amide bonds. The summed E-state index contributed by atoms with van der Waals surface area (Å²) < 4.78 is 5.41. The molecule has 1 aromatic rings. The van der Waals surface area contributed by atoms with Crippen LogP contribution in [0.5, 0.6) is 5.75 Å². The molecule has 2 heteroatoms. The molecule has 0 spiro atoms. The van der Waals surface area contributed by atoms with Gasteiger partial charge in [-0.15, -0.1) is 11.8 Å². The predicted molar refractivity (Wildman–Crippen MR) is 67.5 cm³/mol. The highest BCUT2D eigenvalue weighted by Crippen LogP contribution is 2.19. The summed E-state index contributed by atoms with van der Waals surface area (Å²) in [6.07, 6.45) is 0.834. The summed E-state index contributed by atoms with van der Waals surface area (Å²) in [6, 6.07) is 8.47. The first kappa shape index (κ1) is 12.6. The van der Waals surface area contributed by atoms with Gasteiger partial charge in [0.15, 0.2) is 0 Å². The van der Waals surface area contributed by atoms with E-state index in [0.29, 0.717) is 12.6 Å². The minimum absolute atomic E-state index is 0.295. The van der Waals surface area contributed by atoms with Gasteiger partial charge in [0.25, 0.3) is 0 Å². The predicted octanol–water partition coefficient (Wildman–Crippen LogP) is 2.76. The van der Waals surface area contributed by atoms with E-state index in [0.717, 1.165) is 12.2 Å². The molecular weight excluding hydrogens is 198 g/mol. The van der Waals surface area contributed by atoms with Crippen molar-refractivity contribution < 1.29 is 4.74 Å². The largest absolute Gasteiger partial charge is 0.494 e. The van der Waals surface area contributed by atoms with Gasteiger partial charge in [0, 0.05) is 12.5 Å². The molecule has 86 valence electrons. The van der Waals surface area contributed by atoms with Gasteiger partial charge in [0.05, 0.1) is 6.61 Å². The summed E-state index contributed by atoms with van der Waals surface area (Å²) in [5, 5.41) is 3.26. The molecule has 1 N–H and O–H groups in total. The van der Waals surface area contributed by atoms with Crippen molar-refractivity contribution in [2.75, 3.05) is 13.7 Å². The molecule has 1 atom stereocenters. The zero-order chi connectivity index (χ0) is 11.8. The van der Waals surface area contributed by atoms with Crippen LogP contribution in [0.1, 0.15) is 31.9 Å². The molecule has 0 saturated heterocycles. The maximum absolute atomic E-state index is 5.41. The third-order valence-corrected chi connectivity index (χ3v) is 2.42. The van der Waals surface area contributed by atoms with Crippen LogP contribution in [0.25, 0.3) is 0 Å². The number of nitrogens with one attached hydrogen (secondary N) is 1. The van der Waals surface area contributed by atoms with Gasteiger partial charge in [-0.3, -0.25) is 0 Å². The first-order chi connectivity index (χ1) is 7.81. The van der Waals surface area contributed by atoms with Gasteiger partial charge < -0.3 is 10.1 Å². The quantitative estimate of drug-likeness (QED) is 0.766. The monoisotopic (exact) mass is 217 g/mol. The lowest BCUT2D eigenvalue weighted by molar-refractivity contribution is 0.340. The maximum atomic E-state index is 5.41. The van der Waals surface area contributed by atoms with Crippen LogP contribution < -0.4 is 10.1 Å². The van der Waals surface area contributed by atoms with Crippen molar-refractivity contribution in [1.82, 2.24) is 5.32 Å². The number of ether oxygens (including phenoxy) is 1. The summed E-state index contributed by atoms with van der Waals surface area (Å²) in [5.74, 6) is 6.93. The number of rotatable bonds is 5. The fourth-order valence-electron chi connectivity index (χ4n) is 1.55. The summed E-state index contributed by atoms with van der Waals surface area (Å²) >= 11 is 0. The normalized spacial score (nSPS) is 11.4. The molecule has 0 saturated carbocycles. The number of benzene rings is 1. The Balaban J connectivity index is 2.72. The van der Waals surface area contributed by atoms with Crippen LogP contribution >= 0.6 is 0 Å². The van der Waals surface area contributed by atoms with Crippen LogP contribution in [-0.4, -0.2) is 13.7 Å². The molecule has 0 fully saturated rings. The standard InChI is InChI=1S/C14H19NO/c1-4-6-7-14(15-3)12-8-10-13(11-9-12)16-5-2/h8-11,14-15H,5,7H2,1-3H3. The Morgan fingerprint density at radius 2 is 2.00 bits per heavy atom. The van der Waals surface area contributed by atoms with Crippen LogP contribution in [0.15, 0.2) is 24.3 Å². The van der Waals surface area contributed by atoms with Crippen LogP contribution in [0.3, 0.4) is 0 Å². The van der Waals surface area contributed by atoms with E-state index in [2.05, 4.69) is 29.3 Å². The molecule has 1 unspecified atom stereocenters. The minimum Gasteiger partial charge on any atom is -0.494 e. The molecule has 0 bridgehead atoms. The van der Waals surface area contributed by atoms with Gasteiger partial charge in [-0.05, 0) is 38.6 Å². The summed E-state index contributed by atoms with van der Waals surface area (Å²) in [4.78, 5) is 0. The van der Waals surface area contributed by atoms with Crippen LogP contribution in [0.2, 0.25) is 0 Å². The van der Waals surface area contributed by atoms with E-state index in [4.69, 9.17) is 4.74 Å². The first-order valence-electron chi connectivity index (χ1n) is 5.61. The summed E-state index contributed by atoms with van der Waals surface area (Å²) in [5.41, 5.74) is 1.24. The maximum Gasteiger partial charge on any atom is 0.119 e. The molecule has 1 aromatic carbocycles. The minimum atomic E-state index is 0.295. The SMILES string of the molecule is CC#CCC(NC)c1ccc(OCC)cc1.